The molecule has 3 aromatic carbocycles. The Labute approximate surface area is 217 Å². The van der Waals surface area contributed by atoms with Crippen LogP contribution in [0.15, 0.2) is 72.8 Å². The monoisotopic (exact) mass is 503 g/mol. The van der Waals surface area contributed by atoms with E-state index in [0.29, 0.717) is 35.7 Å². The summed E-state index contributed by atoms with van der Waals surface area (Å²) in [7, 11) is 1.29. The maximum absolute atomic E-state index is 14.9. The zero-order valence-corrected chi connectivity index (χ0v) is 21.1. The first-order chi connectivity index (χ1) is 18.0. The van der Waals surface area contributed by atoms with Gasteiger partial charge in [-0.05, 0) is 85.5 Å². The van der Waals surface area contributed by atoms with Crippen molar-refractivity contribution in [3.63, 3.8) is 0 Å². The van der Waals surface area contributed by atoms with Gasteiger partial charge in [-0.1, -0.05) is 48.5 Å². The van der Waals surface area contributed by atoms with E-state index in [9.17, 15) is 14.0 Å². The average Bonchev–Trinajstić information content (AvgIpc) is 2.94. The molecule has 7 heteroatoms. The van der Waals surface area contributed by atoms with Crippen molar-refractivity contribution < 1.29 is 18.7 Å². The maximum Gasteiger partial charge on any atom is 0.411 e. The molecule has 4 N–H and O–H groups in total. The molecule has 1 fully saturated rings. The highest BCUT2D eigenvalue weighted by Crippen LogP contribution is 2.31. The Balaban J connectivity index is 1.58. The van der Waals surface area contributed by atoms with Gasteiger partial charge in [-0.25, -0.2) is 9.18 Å². The molecule has 1 aliphatic rings. The largest absolute Gasteiger partial charge is 0.453 e. The number of nitrogens with one attached hydrogen (secondary N) is 2. The summed E-state index contributed by atoms with van der Waals surface area (Å²) in [4.78, 5) is 24.7. The molecule has 6 nitrogen and oxygen atoms in total. The van der Waals surface area contributed by atoms with E-state index in [0.717, 1.165) is 36.8 Å². The molecule has 1 aliphatic carbocycles. The second-order valence-corrected chi connectivity index (χ2v) is 9.64. The molecule has 1 atom stereocenters. The van der Waals surface area contributed by atoms with E-state index < -0.39 is 6.09 Å². The SMILES string of the molecule is COC(=O)Nc1ccc(-c2cc(C(Cc3ccccc3)NC(=O)C3CCC(CN)CC3)ccc2F)cc1. The van der Waals surface area contributed by atoms with Crippen LogP contribution in [-0.2, 0) is 16.0 Å². The number of amides is 2. The second-order valence-electron chi connectivity index (χ2n) is 9.64. The van der Waals surface area contributed by atoms with Gasteiger partial charge >= 0.3 is 6.09 Å². The molecule has 0 heterocycles. The third kappa shape index (κ3) is 6.95. The van der Waals surface area contributed by atoms with Gasteiger partial charge < -0.3 is 15.8 Å². The number of anilines is 1. The lowest BCUT2D eigenvalue weighted by Crippen LogP contribution is -2.37. The van der Waals surface area contributed by atoms with Gasteiger partial charge in [0.2, 0.25) is 5.91 Å². The summed E-state index contributed by atoms with van der Waals surface area (Å²) in [5.74, 6) is 0.150. The molecule has 2 amide bonds. The summed E-state index contributed by atoms with van der Waals surface area (Å²) in [5.41, 5.74) is 9.39. The number of nitrogens with two attached hydrogens (primary N) is 1. The molecule has 4 rings (SSSR count). The van der Waals surface area contributed by atoms with E-state index in [1.165, 1.54) is 13.2 Å². The Morgan fingerprint density at radius 3 is 2.35 bits per heavy atom. The van der Waals surface area contributed by atoms with Crippen LogP contribution in [0.25, 0.3) is 11.1 Å². The van der Waals surface area contributed by atoms with E-state index in [4.69, 9.17) is 5.73 Å². The molecule has 3 aromatic rings. The molecule has 1 saturated carbocycles. The van der Waals surface area contributed by atoms with Crippen LogP contribution < -0.4 is 16.4 Å². The quantitative estimate of drug-likeness (QED) is 0.360. The van der Waals surface area contributed by atoms with E-state index in [2.05, 4.69) is 15.4 Å². The van der Waals surface area contributed by atoms with Crippen molar-refractivity contribution in [2.75, 3.05) is 19.0 Å². The number of benzene rings is 3. The minimum atomic E-state index is -0.572. The van der Waals surface area contributed by atoms with Gasteiger partial charge in [-0.15, -0.1) is 0 Å². The van der Waals surface area contributed by atoms with Crippen LogP contribution in [0.4, 0.5) is 14.9 Å². The van der Waals surface area contributed by atoms with Crippen LogP contribution in [0, 0.1) is 17.7 Å². The van der Waals surface area contributed by atoms with Gasteiger partial charge in [-0.2, -0.15) is 0 Å². The molecule has 0 aliphatic heterocycles. The Hall–Kier alpha value is -3.71. The predicted octanol–water partition coefficient (Wildman–Crippen LogP) is 5.84. The highest BCUT2D eigenvalue weighted by molar-refractivity contribution is 5.85. The zero-order valence-electron chi connectivity index (χ0n) is 21.1. The summed E-state index contributed by atoms with van der Waals surface area (Å²) in [6.07, 6.45) is 3.65. The van der Waals surface area contributed by atoms with Gasteiger partial charge in [0.25, 0.3) is 0 Å². The Morgan fingerprint density at radius 1 is 1.00 bits per heavy atom. The molecule has 0 radical (unpaired) electrons. The number of methoxy groups -OCH3 is 1. The van der Waals surface area contributed by atoms with Crippen molar-refractivity contribution in [2.24, 2.45) is 17.6 Å². The molecule has 0 spiro atoms. The van der Waals surface area contributed by atoms with E-state index in [1.54, 1.807) is 36.4 Å². The average molecular weight is 504 g/mol. The van der Waals surface area contributed by atoms with Crippen molar-refractivity contribution in [3.8, 4) is 11.1 Å². The molecule has 0 saturated heterocycles. The Bertz CT molecular complexity index is 1190. The van der Waals surface area contributed by atoms with E-state index in [-0.39, 0.29) is 23.7 Å². The van der Waals surface area contributed by atoms with E-state index >= 15 is 0 Å². The molecule has 1 unspecified atom stereocenters. The lowest BCUT2D eigenvalue weighted by atomic mass is 9.81. The first-order valence-corrected chi connectivity index (χ1v) is 12.8. The first-order valence-electron chi connectivity index (χ1n) is 12.8. The fraction of sp³-hybridized carbons (Fsp3) is 0.333. The smallest absolute Gasteiger partial charge is 0.411 e. The fourth-order valence-electron chi connectivity index (χ4n) is 4.93. The van der Waals surface area contributed by atoms with Crippen LogP contribution >= 0.6 is 0 Å². The number of halogens is 1. The maximum atomic E-state index is 14.9. The van der Waals surface area contributed by atoms with Gasteiger partial charge in [0.1, 0.15) is 5.82 Å². The van der Waals surface area contributed by atoms with Crippen LogP contribution in [0.3, 0.4) is 0 Å². The van der Waals surface area contributed by atoms with Crippen molar-refractivity contribution in [3.05, 3.63) is 89.7 Å². The van der Waals surface area contributed by atoms with E-state index in [1.807, 2.05) is 30.3 Å². The summed E-state index contributed by atoms with van der Waals surface area (Å²) in [6.45, 7) is 0.670. The zero-order chi connectivity index (χ0) is 26.2. The second kappa shape index (κ2) is 12.5. The van der Waals surface area contributed by atoms with Crippen LogP contribution in [0.5, 0.6) is 0 Å². The van der Waals surface area contributed by atoms with Gasteiger partial charge in [0.05, 0.1) is 13.2 Å². The highest BCUT2D eigenvalue weighted by atomic mass is 19.1. The summed E-state index contributed by atoms with van der Waals surface area (Å²) in [5, 5.41) is 5.86. The van der Waals surface area contributed by atoms with Crippen LogP contribution in [0.2, 0.25) is 0 Å². The third-order valence-electron chi connectivity index (χ3n) is 7.17. The predicted molar refractivity (Wildman–Crippen MR) is 143 cm³/mol. The fourth-order valence-corrected chi connectivity index (χ4v) is 4.93. The summed E-state index contributed by atoms with van der Waals surface area (Å²) in [6, 6.07) is 21.5. The number of rotatable bonds is 8. The van der Waals surface area contributed by atoms with Crippen molar-refractivity contribution in [1.29, 1.82) is 0 Å². The number of carbonyl (C=O) groups excluding carboxylic acids is 2. The van der Waals surface area contributed by atoms with Gasteiger partial charge in [-0.3, -0.25) is 10.1 Å². The topological polar surface area (TPSA) is 93.5 Å². The molecule has 0 bridgehead atoms. The number of carbonyl (C=O) groups is 2. The van der Waals surface area contributed by atoms with Crippen LogP contribution in [0.1, 0.15) is 42.9 Å². The first kappa shape index (κ1) is 26.4. The Kier molecular flexibility index (Phi) is 8.90. The lowest BCUT2D eigenvalue weighted by molar-refractivity contribution is -0.127. The van der Waals surface area contributed by atoms with Crippen molar-refractivity contribution in [1.82, 2.24) is 5.32 Å². The minimum Gasteiger partial charge on any atom is -0.453 e. The number of hydrogen-bond donors (Lipinski definition) is 3. The summed E-state index contributed by atoms with van der Waals surface area (Å²) >= 11 is 0. The van der Waals surface area contributed by atoms with Crippen LogP contribution in [-0.4, -0.2) is 25.7 Å². The molecular weight excluding hydrogens is 469 g/mol. The standard InChI is InChI=1S/C30H34FN3O3/c1-37-30(36)33-25-14-11-22(12-15-25)26-18-24(13-16-27(26)31)28(17-20-5-3-2-4-6-20)34-29(35)23-9-7-21(19-32)8-10-23/h2-6,11-16,18,21,23,28H,7-10,17,19,32H2,1H3,(H,33,36)(H,34,35). The third-order valence-corrected chi connectivity index (χ3v) is 7.17. The van der Waals surface area contributed by atoms with Crippen molar-refractivity contribution in [2.45, 2.75) is 38.1 Å². The number of hydrogen-bond acceptors (Lipinski definition) is 4. The normalized spacial score (nSPS) is 18.0. The van der Waals surface area contributed by atoms with Gasteiger partial charge in [0, 0.05) is 17.2 Å². The van der Waals surface area contributed by atoms with Crippen molar-refractivity contribution >= 4 is 17.7 Å². The minimum absolute atomic E-state index is 0.0316. The lowest BCUT2D eigenvalue weighted by Gasteiger charge is -2.29. The highest BCUT2D eigenvalue weighted by Gasteiger charge is 2.28. The molecular formula is C30H34FN3O3. The summed E-state index contributed by atoms with van der Waals surface area (Å²) < 4.78 is 19.6. The molecule has 37 heavy (non-hydrogen) atoms. The molecule has 194 valence electrons. The Morgan fingerprint density at radius 2 is 1.70 bits per heavy atom. The number of ether oxygens (including phenoxy) is 1. The molecule has 0 aromatic heterocycles. The van der Waals surface area contributed by atoms with Gasteiger partial charge in [0.15, 0.2) is 0 Å².